The van der Waals surface area contributed by atoms with Crippen molar-refractivity contribution in [1.82, 2.24) is 0 Å². The Morgan fingerprint density at radius 2 is 0.860 bits per heavy atom. The van der Waals surface area contributed by atoms with Crippen molar-refractivity contribution in [3.05, 3.63) is 170 Å². The number of hydrogen-bond acceptors (Lipinski definition) is 3. The van der Waals surface area contributed by atoms with Crippen molar-refractivity contribution in [2.24, 2.45) is 0 Å². The predicted octanol–water partition coefficient (Wildman–Crippen LogP) is 11.7. The molecule has 43 heavy (non-hydrogen) atoms. The summed E-state index contributed by atoms with van der Waals surface area (Å²) >= 11 is 0. The lowest BCUT2D eigenvalue weighted by Gasteiger charge is -2.30. The van der Waals surface area contributed by atoms with Gasteiger partial charge in [0, 0.05) is 39.6 Å². The molecule has 8 aromatic rings. The van der Waals surface area contributed by atoms with Crippen LogP contribution in [-0.4, -0.2) is 0 Å². The van der Waals surface area contributed by atoms with Crippen molar-refractivity contribution < 1.29 is 4.42 Å². The topological polar surface area (TPSA) is 19.6 Å². The molecule has 8 rings (SSSR count). The van der Waals surface area contributed by atoms with Crippen LogP contribution < -0.4 is 9.80 Å². The molecule has 204 valence electrons. The fourth-order valence-corrected chi connectivity index (χ4v) is 6.09. The summed E-state index contributed by atoms with van der Waals surface area (Å²) < 4.78 is 6.84. The molecule has 0 saturated carbocycles. The Labute approximate surface area is 250 Å². The van der Waals surface area contributed by atoms with E-state index in [1.807, 2.05) is 0 Å². The Hall–Kier alpha value is -5.80. The number of hydrogen-bond donors (Lipinski definition) is 0. The highest BCUT2D eigenvalue weighted by atomic mass is 16.3. The molecule has 0 amide bonds. The van der Waals surface area contributed by atoms with Crippen molar-refractivity contribution >= 4 is 66.8 Å². The molecule has 0 aliphatic rings. The van der Waals surface area contributed by atoms with E-state index >= 15 is 0 Å². The highest BCUT2D eigenvalue weighted by Crippen LogP contribution is 2.48. The normalized spacial score (nSPS) is 11.3. The maximum atomic E-state index is 6.84. The van der Waals surface area contributed by atoms with Gasteiger partial charge in [0.1, 0.15) is 11.2 Å². The van der Waals surface area contributed by atoms with Gasteiger partial charge in [0.2, 0.25) is 0 Å². The average Bonchev–Trinajstić information content (AvgIpc) is 3.46. The van der Waals surface area contributed by atoms with Gasteiger partial charge in [-0.3, -0.25) is 0 Å². The van der Waals surface area contributed by atoms with Gasteiger partial charge >= 0.3 is 0 Å². The summed E-state index contributed by atoms with van der Waals surface area (Å²) in [4.78, 5) is 4.63. The predicted molar refractivity (Wildman–Crippen MR) is 181 cm³/mol. The van der Waals surface area contributed by atoms with Crippen LogP contribution in [0.1, 0.15) is 0 Å². The summed E-state index contributed by atoms with van der Waals surface area (Å²) in [6.45, 7) is 0. The van der Waals surface area contributed by atoms with Crippen LogP contribution >= 0.6 is 0 Å². The number of para-hydroxylation sites is 4. The van der Waals surface area contributed by atoms with E-state index in [1.165, 1.54) is 0 Å². The first-order chi connectivity index (χ1) is 21.3. The smallest absolute Gasteiger partial charge is 0.143 e. The molecule has 1 aromatic heterocycles. The lowest BCUT2D eigenvalue weighted by atomic mass is 10.0. The molecule has 0 fully saturated rings. The molecule has 0 atom stereocenters. The molecule has 0 radical (unpaired) electrons. The summed E-state index contributed by atoms with van der Waals surface area (Å²) in [5, 5.41) is 4.45. The number of anilines is 6. The first-order valence-corrected chi connectivity index (χ1v) is 14.5. The third-order valence-electron chi connectivity index (χ3n) is 7.98. The van der Waals surface area contributed by atoms with Crippen LogP contribution in [0.15, 0.2) is 174 Å². The molecular formula is C40H28N2O. The summed E-state index contributed by atoms with van der Waals surface area (Å²) in [6, 6.07) is 59.5. The summed E-state index contributed by atoms with van der Waals surface area (Å²) in [5.74, 6) is 0. The van der Waals surface area contributed by atoms with E-state index in [9.17, 15) is 0 Å². The van der Waals surface area contributed by atoms with Crippen LogP contribution in [0.4, 0.5) is 34.1 Å². The zero-order valence-electron chi connectivity index (χ0n) is 23.5. The second kappa shape index (κ2) is 10.6. The number of benzene rings is 7. The maximum absolute atomic E-state index is 6.84. The number of fused-ring (bicyclic) bond motifs is 5. The minimum atomic E-state index is 0.840. The third-order valence-corrected chi connectivity index (χ3v) is 7.98. The molecule has 0 bridgehead atoms. The van der Waals surface area contributed by atoms with Gasteiger partial charge in [0.15, 0.2) is 0 Å². The molecule has 0 N–H and O–H groups in total. The van der Waals surface area contributed by atoms with E-state index in [-0.39, 0.29) is 0 Å². The molecular weight excluding hydrogens is 524 g/mol. The third kappa shape index (κ3) is 4.39. The van der Waals surface area contributed by atoms with Crippen LogP contribution in [0.2, 0.25) is 0 Å². The van der Waals surface area contributed by atoms with Gasteiger partial charge in [-0.2, -0.15) is 0 Å². The second-order valence-electron chi connectivity index (χ2n) is 10.6. The minimum absolute atomic E-state index is 0.840. The largest absolute Gasteiger partial charge is 0.455 e. The van der Waals surface area contributed by atoms with E-state index < -0.39 is 0 Å². The molecule has 0 aliphatic heterocycles. The Bertz CT molecular complexity index is 2090. The lowest BCUT2D eigenvalue weighted by Crippen LogP contribution is -2.13. The lowest BCUT2D eigenvalue weighted by molar-refractivity contribution is 0.673. The number of nitrogens with zero attached hydrogens (tertiary/aromatic N) is 2. The molecule has 0 spiro atoms. The molecule has 7 aromatic carbocycles. The zero-order chi connectivity index (χ0) is 28.6. The van der Waals surface area contributed by atoms with Gasteiger partial charge in [-0.05, 0) is 66.0 Å². The van der Waals surface area contributed by atoms with Gasteiger partial charge in [-0.25, -0.2) is 0 Å². The van der Waals surface area contributed by atoms with E-state index in [4.69, 9.17) is 4.42 Å². The SMILES string of the molecule is c1ccc(N(c2ccccc2)c2cc(N(c3ccccc3)c3ccccc3)c3c(c2)oc2c4ccccc4ccc23)cc1. The molecule has 0 aliphatic carbocycles. The van der Waals surface area contributed by atoms with Crippen LogP contribution in [0.25, 0.3) is 32.7 Å². The van der Waals surface area contributed by atoms with E-state index in [1.54, 1.807) is 0 Å². The highest BCUT2D eigenvalue weighted by Gasteiger charge is 2.24. The van der Waals surface area contributed by atoms with Gasteiger partial charge < -0.3 is 14.2 Å². The highest BCUT2D eigenvalue weighted by molar-refractivity contribution is 6.20. The average molecular weight is 553 g/mol. The summed E-state index contributed by atoms with van der Waals surface area (Å²) in [7, 11) is 0. The standard InChI is InChI=1S/C40H28N2O/c1-5-16-30(17-6-1)41(31-18-7-2-8-19-31)34-27-37(42(32-20-9-3-10-21-32)33-22-11-4-12-23-33)39-36-26-25-29-15-13-14-24-35(29)40(36)43-38(39)28-34/h1-28H. The van der Waals surface area contributed by atoms with Crippen LogP contribution in [0, 0.1) is 0 Å². The first-order valence-electron chi connectivity index (χ1n) is 14.5. The number of furan rings is 1. The van der Waals surface area contributed by atoms with Crippen molar-refractivity contribution in [2.75, 3.05) is 9.80 Å². The fraction of sp³-hybridized carbons (Fsp3) is 0. The van der Waals surface area contributed by atoms with Crippen LogP contribution in [-0.2, 0) is 0 Å². The van der Waals surface area contributed by atoms with E-state index in [2.05, 4.69) is 180 Å². The quantitative estimate of drug-likeness (QED) is 0.205. The van der Waals surface area contributed by atoms with Crippen LogP contribution in [0.3, 0.4) is 0 Å². The molecule has 0 unspecified atom stereocenters. The van der Waals surface area contributed by atoms with Gasteiger partial charge in [-0.15, -0.1) is 0 Å². The first kappa shape index (κ1) is 25.0. The molecule has 1 heterocycles. The Morgan fingerprint density at radius 3 is 1.42 bits per heavy atom. The monoisotopic (exact) mass is 552 g/mol. The van der Waals surface area contributed by atoms with E-state index in [0.717, 1.165) is 66.8 Å². The van der Waals surface area contributed by atoms with Crippen LogP contribution in [0.5, 0.6) is 0 Å². The second-order valence-corrected chi connectivity index (χ2v) is 10.6. The van der Waals surface area contributed by atoms with Crippen molar-refractivity contribution in [3.63, 3.8) is 0 Å². The molecule has 0 saturated heterocycles. The minimum Gasteiger partial charge on any atom is -0.455 e. The summed E-state index contributed by atoms with van der Waals surface area (Å²) in [6.07, 6.45) is 0. The van der Waals surface area contributed by atoms with Crippen molar-refractivity contribution in [2.45, 2.75) is 0 Å². The van der Waals surface area contributed by atoms with Gasteiger partial charge in [0.05, 0.1) is 16.8 Å². The number of rotatable bonds is 6. The van der Waals surface area contributed by atoms with Gasteiger partial charge in [0.25, 0.3) is 0 Å². The molecule has 3 heteroatoms. The summed E-state index contributed by atoms with van der Waals surface area (Å²) in [5.41, 5.74) is 8.11. The van der Waals surface area contributed by atoms with Crippen molar-refractivity contribution in [1.29, 1.82) is 0 Å². The fourth-order valence-electron chi connectivity index (χ4n) is 6.09. The van der Waals surface area contributed by atoms with Gasteiger partial charge in [-0.1, -0.05) is 103 Å². The van der Waals surface area contributed by atoms with E-state index in [0.29, 0.717) is 0 Å². The Balaban J connectivity index is 1.50. The Morgan fingerprint density at radius 1 is 0.372 bits per heavy atom. The Kier molecular flexibility index (Phi) is 6.12. The van der Waals surface area contributed by atoms with Crippen molar-refractivity contribution in [3.8, 4) is 0 Å². The maximum Gasteiger partial charge on any atom is 0.143 e. The molecule has 3 nitrogen and oxygen atoms in total. The zero-order valence-corrected chi connectivity index (χ0v) is 23.5.